The fourth-order valence-electron chi connectivity index (χ4n) is 5.64. The van der Waals surface area contributed by atoms with Gasteiger partial charge in [0.25, 0.3) is 0 Å². The van der Waals surface area contributed by atoms with Crippen molar-refractivity contribution in [3.05, 3.63) is 0 Å². The van der Waals surface area contributed by atoms with E-state index >= 15 is 0 Å². The molecular formula is C34H65O13P. The molecule has 0 aromatic heterocycles. The first-order chi connectivity index (χ1) is 22.9. The standard InChI is InChI=1S/C34H65O13P/c1-3-5-7-9-11-12-13-14-15-16-17-19-21-23-28(36)46-26(24-44-27(35)22-20-18-10-8-6-4-2)25-45-48(42,43)47-34-32(40)30(38)29(37)31(39)33(34)41/h26,29-34,37-41H,3-25H2,1-2H3,(H,42,43). The summed E-state index contributed by atoms with van der Waals surface area (Å²) in [7, 11) is -5.09. The molecule has 0 radical (unpaired) electrons. The van der Waals surface area contributed by atoms with Crippen LogP contribution in [-0.4, -0.2) is 98.3 Å². The summed E-state index contributed by atoms with van der Waals surface area (Å²) >= 11 is 0. The Morgan fingerprint density at radius 3 is 1.38 bits per heavy atom. The van der Waals surface area contributed by atoms with Crippen molar-refractivity contribution in [2.75, 3.05) is 13.2 Å². The fourth-order valence-corrected chi connectivity index (χ4v) is 6.61. The molecule has 48 heavy (non-hydrogen) atoms. The van der Waals surface area contributed by atoms with Crippen LogP contribution >= 0.6 is 7.82 Å². The van der Waals surface area contributed by atoms with E-state index in [-0.39, 0.29) is 12.8 Å². The number of unbranched alkanes of at least 4 members (excludes halogenated alkanes) is 17. The molecule has 6 N–H and O–H groups in total. The monoisotopic (exact) mass is 712 g/mol. The summed E-state index contributed by atoms with van der Waals surface area (Å²) in [6.07, 6.45) is 7.98. The van der Waals surface area contributed by atoms with E-state index < -0.39 is 75.7 Å². The Balaban J connectivity index is 2.54. The molecule has 284 valence electrons. The second-order valence-electron chi connectivity index (χ2n) is 13.1. The molecule has 14 heteroatoms. The van der Waals surface area contributed by atoms with Crippen molar-refractivity contribution >= 4 is 19.8 Å². The van der Waals surface area contributed by atoms with Crippen LogP contribution in [0.4, 0.5) is 0 Å². The molecule has 1 aliphatic rings. The Morgan fingerprint density at radius 2 is 0.938 bits per heavy atom. The minimum absolute atomic E-state index is 0.103. The Labute approximate surface area is 287 Å². The normalized spacial score (nSPS) is 24.6. The lowest BCUT2D eigenvalue weighted by Gasteiger charge is -2.41. The molecule has 1 saturated carbocycles. The molecule has 0 bridgehead atoms. The van der Waals surface area contributed by atoms with Gasteiger partial charge in [-0.15, -0.1) is 0 Å². The first-order valence-electron chi connectivity index (χ1n) is 18.3. The van der Waals surface area contributed by atoms with Gasteiger partial charge in [-0.3, -0.25) is 18.6 Å². The van der Waals surface area contributed by atoms with Crippen molar-refractivity contribution in [3.63, 3.8) is 0 Å². The number of carbonyl (C=O) groups excluding carboxylic acids is 2. The molecule has 6 unspecified atom stereocenters. The Morgan fingerprint density at radius 1 is 0.562 bits per heavy atom. The van der Waals surface area contributed by atoms with Gasteiger partial charge in [0.05, 0.1) is 6.61 Å². The number of rotatable bonds is 29. The van der Waals surface area contributed by atoms with E-state index in [9.17, 15) is 44.6 Å². The van der Waals surface area contributed by atoms with E-state index in [0.717, 1.165) is 51.4 Å². The van der Waals surface area contributed by atoms with E-state index in [4.69, 9.17) is 18.5 Å². The SMILES string of the molecule is CCCCCCCCCCCCCCCC(=O)OC(COC(=O)CCCCCCCC)COP(=O)(O)OC1C(O)C(O)C(O)C(O)C1O. The van der Waals surface area contributed by atoms with E-state index in [1.807, 2.05) is 0 Å². The van der Waals surface area contributed by atoms with Gasteiger partial charge in [0.2, 0.25) is 0 Å². The van der Waals surface area contributed by atoms with E-state index in [0.29, 0.717) is 12.8 Å². The smallest absolute Gasteiger partial charge is 0.462 e. The van der Waals surface area contributed by atoms with E-state index in [1.54, 1.807) is 0 Å². The van der Waals surface area contributed by atoms with Crippen molar-refractivity contribution in [1.82, 2.24) is 0 Å². The third-order valence-electron chi connectivity index (χ3n) is 8.70. The molecule has 0 aromatic rings. The molecule has 6 atom stereocenters. The average molecular weight is 713 g/mol. The van der Waals surface area contributed by atoms with Gasteiger partial charge < -0.3 is 39.9 Å². The summed E-state index contributed by atoms with van der Waals surface area (Å²) in [5, 5.41) is 49.7. The van der Waals surface area contributed by atoms with Gasteiger partial charge >= 0.3 is 19.8 Å². The van der Waals surface area contributed by atoms with Crippen LogP contribution in [0.5, 0.6) is 0 Å². The summed E-state index contributed by atoms with van der Waals surface area (Å²) < 4.78 is 33.1. The molecule has 0 aromatic carbocycles. The lowest BCUT2D eigenvalue weighted by Crippen LogP contribution is -2.64. The molecule has 1 fully saturated rings. The molecule has 0 heterocycles. The van der Waals surface area contributed by atoms with Gasteiger partial charge in [0.1, 0.15) is 43.2 Å². The van der Waals surface area contributed by atoms with Crippen LogP contribution in [0.1, 0.15) is 149 Å². The van der Waals surface area contributed by atoms with Crippen molar-refractivity contribution in [2.45, 2.75) is 191 Å². The lowest BCUT2D eigenvalue weighted by atomic mass is 9.85. The van der Waals surface area contributed by atoms with Gasteiger partial charge in [-0.2, -0.15) is 0 Å². The predicted molar refractivity (Wildman–Crippen MR) is 180 cm³/mol. The Kier molecular flexibility index (Phi) is 24.9. The van der Waals surface area contributed by atoms with Crippen LogP contribution < -0.4 is 0 Å². The highest BCUT2D eigenvalue weighted by molar-refractivity contribution is 7.47. The minimum atomic E-state index is -5.09. The molecular weight excluding hydrogens is 647 g/mol. The van der Waals surface area contributed by atoms with Crippen LogP contribution in [0.3, 0.4) is 0 Å². The molecule has 0 amide bonds. The second kappa shape index (κ2) is 26.6. The van der Waals surface area contributed by atoms with Crippen molar-refractivity contribution in [1.29, 1.82) is 0 Å². The first kappa shape index (κ1) is 44.9. The third-order valence-corrected chi connectivity index (χ3v) is 9.68. The van der Waals surface area contributed by atoms with Gasteiger partial charge in [0.15, 0.2) is 6.10 Å². The Hall–Kier alpha value is -1.15. The maximum absolute atomic E-state index is 12.7. The summed E-state index contributed by atoms with van der Waals surface area (Å²) in [5.41, 5.74) is 0. The number of carbonyl (C=O) groups is 2. The van der Waals surface area contributed by atoms with Crippen LogP contribution in [0.15, 0.2) is 0 Å². The Bertz CT molecular complexity index is 875. The van der Waals surface area contributed by atoms with Gasteiger partial charge in [-0.25, -0.2) is 4.57 Å². The van der Waals surface area contributed by atoms with Crippen molar-refractivity contribution in [3.8, 4) is 0 Å². The van der Waals surface area contributed by atoms with Crippen molar-refractivity contribution in [2.24, 2.45) is 0 Å². The highest BCUT2D eigenvalue weighted by atomic mass is 31.2. The number of ether oxygens (including phenoxy) is 2. The number of phosphoric acid groups is 1. The highest BCUT2D eigenvalue weighted by Gasteiger charge is 2.51. The largest absolute Gasteiger partial charge is 0.472 e. The lowest BCUT2D eigenvalue weighted by molar-refractivity contribution is -0.220. The van der Waals surface area contributed by atoms with Crippen molar-refractivity contribution < 1.29 is 63.1 Å². The molecule has 13 nitrogen and oxygen atoms in total. The van der Waals surface area contributed by atoms with Crippen LogP contribution in [-0.2, 0) is 32.7 Å². The third kappa shape index (κ3) is 19.9. The number of hydrogen-bond acceptors (Lipinski definition) is 12. The zero-order chi connectivity index (χ0) is 35.8. The maximum atomic E-state index is 12.7. The van der Waals surface area contributed by atoms with Gasteiger partial charge in [0, 0.05) is 12.8 Å². The fraction of sp³-hybridized carbons (Fsp3) is 0.941. The highest BCUT2D eigenvalue weighted by Crippen LogP contribution is 2.47. The summed E-state index contributed by atoms with van der Waals surface area (Å²) in [5.74, 6) is -1.10. The number of aliphatic hydroxyl groups excluding tert-OH is 5. The van der Waals surface area contributed by atoms with E-state index in [1.165, 1.54) is 57.8 Å². The molecule has 0 aliphatic heterocycles. The van der Waals surface area contributed by atoms with Crippen LogP contribution in [0.2, 0.25) is 0 Å². The van der Waals surface area contributed by atoms with Gasteiger partial charge in [-0.05, 0) is 12.8 Å². The zero-order valence-corrected chi connectivity index (χ0v) is 30.2. The molecule has 1 rings (SSSR count). The topological polar surface area (TPSA) is 210 Å². The van der Waals surface area contributed by atoms with Crippen LogP contribution in [0.25, 0.3) is 0 Å². The minimum Gasteiger partial charge on any atom is -0.462 e. The predicted octanol–water partition coefficient (Wildman–Crippen LogP) is 4.99. The number of esters is 2. The average Bonchev–Trinajstić information content (AvgIpc) is 3.06. The van der Waals surface area contributed by atoms with E-state index in [2.05, 4.69) is 13.8 Å². The quantitative estimate of drug-likeness (QED) is 0.0343. The number of hydrogen-bond donors (Lipinski definition) is 6. The summed E-state index contributed by atoms with van der Waals surface area (Å²) in [4.78, 5) is 35.2. The second-order valence-corrected chi connectivity index (χ2v) is 14.5. The molecule has 0 spiro atoms. The molecule has 1 aliphatic carbocycles. The first-order valence-corrected chi connectivity index (χ1v) is 19.8. The van der Waals surface area contributed by atoms with Crippen LogP contribution in [0, 0.1) is 0 Å². The molecule has 0 saturated heterocycles. The summed E-state index contributed by atoms with van der Waals surface area (Å²) in [6, 6.07) is 0. The maximum Gasteiger partial charge on any atom is 0.472 e. The number of aliphatic hydroxyl groups is 5. The summed E-state index contributed by atoms with van der Waals surface area (Å²) in [6.45, 7) is 3.18. The van der Waals surface area contributed by atoms with Gasteiger partial charge in [-0.1, -0.05) is 123 Å². The number of phosphoric ester groups is 1. The zero-order valence-electron chi connectivity index (χ0n) is 29.3.